The first-order valence-electron chi connectivity index (χ1n) is 5.02. The van der Waals surface area contributed by atoms with Crippen molar-refractivity contribution in [3.8, 4) is 5.75 Å². The lowest BCUT2D eigenvalue weighted by atomic mass is 10.3. The molecule has 6 heteroatoms. The van der Waals surface area contributed by atoms with Gasteiger partial charge in [-0.1, -0.05) is 23.2 Å². The number of nitrogens with one attached hydrogen (secondary N) is 1. The van der Waals surface area contributed by atoms with Crippen molar-refractivity contribution in [2.75, 3.05) is 12.4 Å². The maximum absolute atomic E-state index is 5.96. The molecule has 0 aliphatic rings. The van der Waals surface area contributed by atoms with Gasteiger partial charge in [-0.05, 0) is 40.2 Å². The van der Waals surface area contributed by atoms with Gasteiger partial charge in [-0.25, -0.2) is 4.98 Å². The number of halogens is 3. The molecule has 2 aromatic rings. The van der Waals surface area contributed by atoms with Crippen molar-refractivity contribution in [1.82, 2.24) is 4.98 Å². The van der Waals surface area contributed by atoms with E-state index in [1.165, 1.54) is 0 Å². The standard InChI is InChI=1S/C12H9BrCl2N2O/c1-18-11-3-2-7(14)5-10(11)17-12-9(13)4-8(15)6-16-12/h2-6H,1H3,(H,16,17). The largest absolute Gasteiger partial charge is 0.495 e. The lowest BCUT2D eigenvalue weighted by molar-refractivity contribution is 0.417. The molecule has 2 rings (SSSR count). The van der Waals surface area contributed by atoms with Crippen LogP contribution in [-0.2, 0) is 0 Å². The van der Waals surface area contributed by atoms with E-state index in [1.54, 1.807) is 37.6 Å². The fourth-order valence-electron chi connectivity index (χ4n) is 1.41. The van der Waals surface area contributed by atoms with Crippen LogP contribution in [0.25, 0.3) is 0 Å². The van der Waals surface area contributed by atoms with E-state index in [-0.39, 0.29) is 0 Å². The van der Waals surface area contributed by atoms with Gasteiger partial charge in [-0.15, -0.1) is 0 Å². The number of hydrogen-bond donors (Lipinski definition) is 1. The van der Waals surface area contributed by atoms with Gasteiger partial charge in [0, 0.05) is 11.2 Å². The van der Waals surface area contributed by atoms with Gasteiger partial charge in [-0.3, -0.25) is 0 Å². The summed E-state index contributed by atoms with van der Waals surface area (Å²) in [4.78, 5) is 4.19. The maximum Gasteiger partial charge on any atom is 0.144 e. The van der Waals surface area contributed by atoms with E-state index in [0.29, 0.717) is 21.6 Å². The van der Waals surface area contributed by atoms with Gasteiger partial charge < -0.3 is 10.1 Å². The lowest BCUT2D eigenvalue weighted by Crippen LogP contribution is -1.97. The second-order valence-electron chi connectivity index (χ2n) is 3.45. The number of hydrogen-bond acceptors (Lipinski definition) is 3. The number of anilines is 2. The van der Waals surface area contributed by atoms with Gasteiger partial charge in [-0.2, -0.15) is 0 Å². The van der Waals surface area contributed by atoms with Crippen molar-refractivity contribution in [1.29, 1.82) is 0 Å². The van der Waals surface area contributed by atoms with E-state index < -0.39 is 0 Å². The Kier molecular flexibility index (Phi) is 4.32. The molecule has 0 radical (unpaired) electrons. The second-order valence-corrected chi connectivity index (χ2v) is 5.18. The van der Waals surface area contributed by atoms with Crippen LogP contribution in [0.4, 0.5) is 11.5 Å². The second kappa shape index (κ2) is 5.78. The molecule has 0 saturated heterocycles. The highest BCUT2D eigenvalue weighted by Gasteiger charge is 2.08. The first kappa shape index (κ1) is 13.5. The van der Waals surface area contributed by atoms with E-state index in [0.717, 1.165) is 10.2 Å². The number of benzene rings is 1. The van der Waals surface area contributed by atoms with E-state index in [9.17, 15) is 0 Å². The predicted molar refractivity (Wildman–Crippen MR) is 78.2 cm³/mol. The molecule has 0 unspecified atom stereocenters. The Morgan fingerprint density at radius 1 is 1.22 bits per heavy atom. The van der Waals surface area contributed by atoms with Crippen molar-refractivity contribution in [3.05, 3.63) is 45.0 Å². The zero-order chi connectivity index (χ0) is 13.1. The van der Waals surface area contributed by atoms with Crippen LogP contribution in [0.5, 0.6) is 5.75 Å². The molecule has 1 aromatic heterocycles. The number of ether oxygens (including phenoxy) is 1. The summed E-state index contributed by atoms with van der Waals surface area (Å²) in [5.41, 5.74) is 0.737. The first-order valence-corrected chi connectivity index (χ1v) is 6.56. The topological polar surface area (TPSA) is 34.1 Å². The van der Waals surface area contributed by atoms with Crippen LogP contribution in [0.1, 0.15) is 0 Å². The monoisotopic (exact) mass is 346 g/mol. The van der Waals surface area contributed by atoms with Crippen LogP contribution in [0, 0.1) is 0 Å². The Labute approximate surface area is 123 Å². The highest BCUT2D eigenvalue weighted by atomic mass is 79.9. The van der Waals surface area contributed by atoms with Crippen molar-refractivity contribution in [2.45, 2.75) is 0 Å². The molecule has 0 amide bonds. The molecule has 1 heterocycles. The summed E-state index contributed by atoms with van der Waals surface area (Å²) in [5.74, 6) is 1.32. The van der Waals surface area contributed by atoms with Gasteiger partial charge in [0.05, 0.1) is 22.3 Å². The average Bonchev–Trinajstić information content (AvgIpc) is 2.33. The molecule has 94 valence electrons. The van der Waals surface area contributed by atoms with Crippen LogP contribution in [0.3, 0.4) is 0 Å². The molecule has 0 atom stereocenters. The summed E-state index contributed by atoms with van der Waals surface area (Å²) in [6, 6.07) is 7.07. The maximum atomic E-state index is 5.96. The molecule has 0 aliphatic carbocycles. The molecule has 3 nitrogen and oxygen atoms in total. The first-order chi connectivity index (χ1) is 8.60. The summed E-state index contributed by atoms with van der Waals surface area (Å²) in [7, 11) is 1.60. The van der Waals surface area contributed by atoms with Crippen LogP contribution in [0.15, 0.2) is 34.9 Å². The highest BCUT2D eigenvalue weighted by Crippen LogP contribution is 2.32. The van der Waals surface area contributed by atoms with Crippen molar-refractivity contribution >= 4 is 50.6 Å². The lowest BCUT2D eigenvalue weighted by Gasteiger charge is -2.12. The number of pyridine rings is 1. The minimum atomic E-state index is 0.561. The van der Waals surface area contributed by atoms with E-state index in [1.807, 2.05) is 0 Å². The fourth-order valence-corrected chi connectivity index (χ4v) is 2.32. The summed E-state index contributed by atoms with van der Waals surface area (Å²) in [6.45, 7) is 0. The third-order valence-electron chi connectivity index (χ3n) is 2.22. The molecular weight excluding hydrogens is 339 g/mol. The summed E-state index contributed by atoms with van der Waals surface area (Å²) < 4.78 is 6.01. The average molecular weight is 348 g/mol. The van der Waals surface area contributed by atoms with E-state index in [2.05, 4.69) is 26.2 Å². The SMILES string of the molecule is COc1ccc(Cl)cc1Nc1ncc(Cl)cc1Br. The quantitative estimate of drug-likeness (QED) is 0.857. The molecule has 0 bridgehead atoms. The molecule has 1 N–H and O–H groups in total. The fraction of sp³-hybridized carbons (Fsp3) is 0.0833. The number of rotatable bonds is 3. The minimum Gasteiger partial charge on any atom is -0.495 e. The van der Waals surface area contributed by atoms with Crippen molar-refractivity contribution in [2.24, 2.45) is 0 Å². The third-order valence-corrected chi connectivity index (χ3v) is 3.27. The molecule has 0 saturated carbocycles. The Morgan fingerprint density at radius 3 is 2.67 bits per heavy atom. The number of aromatic nitrogens is 1. The van der Waals surface area contributed by atoms with Gasteiger partial charge in [0.15, 0.2) is 0 Å². The summed E-state index contributed by atoms with van der Waals surface area (Å²) in [5, 5.41) is 4.31. The molecule has 18 heavy (non-hydrogen) atoms. The van der Waals surface area contributed by atoms with E-state index in [4.69, 9.17) is 27.9 Å². The molecule has 1 aromatic carbocycles. The highest BCUT2D eigenvalue weighted by molar-refractivity contribution is 9.10. The van der Waals surface area contributed by atoms with Gasteiger partial charge in [0.2, 0.25) is 0 Å². The summed E-state index contributed by atoms with van der Waals surface area (Å²) in [6.07, 6.45) is 1.56. The van der Waals surface area contributed by atoms with E-state index >= 15 is 0 Å². The van der Waals surface area contributed by atoms with Gasteiger partial charge >= 0.3 is 0 Å². The molecule has 0 aliphatic heterocycles. The number of nitrogens with zero attached hydrogens (tertiary/aromatic N) is 1. The summed E-state index contributed by atoms with van der Waals surface area (Å²) >= 11 is 15.2. The van der Waals surface area contributed by atoms with Crippen molar-refractivity contribution in [3.63, 3.8) is 0 Å². The Balaban J connectivity index is 2.36. The minimum absolute atomic E-state index is 0.561. The number of methoxy groups -OCH3 is 1. The van der Waals surface area contributed by atoms with Crippen LogP contribution in [-0.4, -0.2) is 12.1 Å². The Hall–Kier alpha value is -0.970. The normalized spacial score (nSPS) is 10.2. The molecule has 0 fully saturated rings. The van der Waals surface area contributed by atoms with Crippen LogP contribution < -0.4 is 10.1 Å². The van der Waals surface area contributed by atoms with Crippen molar-refractivity contribution < 1.29 is 4.74 Å². The van der Waals surface area contributed by atoms with Gasteiger partial charge in [0.1, 0.15) is 11.6 Å². The zero-order valence-electron chi connectivity index (χ0n) is 9.38. The predicted octanol–water partition coefficient (Wildman–Crippen LogP) is 4.90. The molecule has 0 spiro atoms. The van der Waals surface area contributed by atoms with Gasteiger partial charge in [0.25, 0.3) is 0 Å². The Morgan fingerprint density at radius 2 is 2.00 bits per heavy atom. The van der Waals surface area contributed by atoms with Crippen LogP contribution >= 0.6 is 39.1 Å². The molecular formula is C12H9BrCl2N2O. The van der Waals surface area contributed by atoms with Crippen LogP contribution in [0.2, 0.25) is 10.0 Å². The third kappa shape index (κ3) is 3.07. The zero-order valence-corrected chi connectivity index (χ0v) is 12.5. The smallest absolute Gasteiger partial charge is 0.144 e. The Bertz CT molecular complexity index is 578.